The Hall–Kier alpha value is -3.85. The molecule has 0 atom stereocenters. The lowest BCUT2D eigenvalue weighted by Gasteiger charge is -2.13. The van der Waals surface area contributed by atoms with Crippen LogP contribution >= 0.6 is 8.25 Å². The van der Waals surface area contributed by atoms with Crippen molar-refractivity contribution in [1.82, 2.24) is 0 Å². The predicted molar refractivity (Wildman–Crippen MR) is 108 cm³/mol. The molecule has 0 spiro atoms. The molecule has 2 aromatic rings. The van der Waals surface area contributed by atoms with Crippen molar-refractivity contribution >= 4 is 32.1 Å². The van der Waals surface area contributed by atoms with Gasteiger partial charge in [-0.15, -0.1) is 0 Å². The van der Waals surface area contributed by atoms with Gasteiger partial charge in [0.2, 0.25) is 0 Å². The molecule has 0 aliphatic heterocycles. The van der Waals surface area contributed by atoms with Crippen molar-refractivity contribution in [3.8, 4) is 34.5 Å². The van der Waals surface area contributed by atoms with Gasteiger partial charge in [0, 0.05) is 39.8 Å². The molecule has 12 heteroatoms. The van der Waals surface area contributed by atoms with E-state index in [1.54, 1.807) is 0 Å². The van der Waals surface area contributed by atoms with Crippen LogP contribution in [0.25, 0.3) is 0 Å². The molecular formula is C20H19O11P. The van der Waals surface area contributed by atoms with E-state index in [1.165, 1.54) is 50.2 Å². The first-order valence-corrected chi connectivity index (χ1v) is 10.2. The minimum Gasteiger partial charge on any atom is -0.423 e. The first-order valence-electron chi connectivity index (χ1n) is 8.95. The lowest BCUT2D eigenvalue weighted by Crippen LogP contribution is -2.07. The Kier molecular flexibility index (Phi) is 8.37. The average molecular weight is 466 g/mol. The van der Waals surface area contributed by atoms with Crippen LogP contribution in [0.3, 0.4) is 0 Å². The molecule has 11 nitrogen and oxygen atoms in total. The highest BCUT2D eigenvalue weighted by Crippen LogP contribution is 2.39. The van der Waals surface area contributed by atoms with E-state index in [4.69, 9.17) is 28.0 Å². The second-order valence-electron chi connectivity index (χ2n) is 6.05. The predicted octanol–water partition coefficient (Wildman–Crippen LogP) is 3.24. The fourth-order valence-corrected chi connectivity index (χ4v) is 2.95. The van der Waals surface area contributed by atoms with Crippen LogP contribution in [0.2, 0.25) is 0 Å². The first kappa shape index (κ1) is 24.4. The van der Waals surface area contributed by atoms with Crippen molar-refractivity contribution in [2.45, 2.75) is 27.7 Å². The number of esters is 4. The molecule has 0 fully saturated rings. The highest BCUT2D eigenvalue weighted by Gasteiger charge is 2.16. The molecule has 2 rings (SSSR count). The van der Waals surface area contributed by atoms with Crippen LogP contribution in [0.15, 0.2) is 36.4 Å². The zero-order valence-electron chi connectivity index (χ0n) is 17.5. The second-order valence-corrected chi connectivity index (χ2v) is 6.95. The molecular weight excluding hydrogens is 447 g/mol. The molecule has 0 aliphatic carbocycles. The zero-order chi connectivity index (χ0) is 23.8. The minimum absolute atomic E-state index is 0.00205. The van der Waals surface area contributed by atoms with E-state index in [-0.39, 0.29) is 34.5 Å². The van der Waals surface area contributed by atoms with E-state index in [9.17, 15) is 23.7 Å². The Morgan fingerprint density at radius 1 is 0.562 bits per heavy atom. The quantitative estimate of drug-likeness (QED) is 0.322. The molecule has 0 unspecified atom stereocenters. The van der Waals surface area contributed by atoms with Crippen LogP contribution < -0.4 is 28.0 Å². The highest BCUT2D eigenvalue weighted by molar-refractivity contribution is 7.34. The molecule has 0 heterocycles. The summed E-state index contributed by atoms with van der Waals surface area (Å²) in [4.78, 5) is 44.9. The maximum atomic E-state index is 12.3. The number of rotatable bonds is 8. The highest BCUT2D eigenvalue weighted by atomic mass is 31.1. The lowest BCUT2D eigenvalue weighted by molar-refractivity contribution is -0.134. The molecule has 0 N–H and O–H groups in total. The Bertz CT molecular complexity index is 994. The van der Waals surface area contributed by atoms with Gasteiger partial charge in [-0.25, -0.2) is 4.57 Å². The van der Waals surface area contributed by atoms with Gasteiger partial charge in [0.05, 0.1) is 0 Å². The van der Waals surface area contributed by atoms with Crippen molar-refractivity contribution < 1.29 is 51.7 Å². The van der Waals surface area contributed by atoms with Crippen LogP contribution in [-0.4, -0.2) is 23.9 Å². The molecule has 0 amide bonds. The van der Waals surface area contributed by atoms with Crippen molar-refractivity contribution in [2.24, 2.45) is 0 Å². The van der Waals surface area contributed by atoms with Crippen LogP contribution in [0.5, 0.6) is 34.5 Å². The van der Waals surface area contributed by atoms with E-state index in [1.807, 2.05) is 0 Å². The molecule has 32 heavy (non-hydrogen) atoms. The summed E-state index contributed by atoms with van der Waals surface area (Å²) in [7, 11) is -3.20. The Morgan fingerprint density at radius 2 is 0.875 bits per heavy atom. The van der Waals surface area contributed by atoms with Gasteiger partial charge < -0.3 is 28.0 Å². The van der Waals surface area contributed by atoms with Crippen molar-refractivity contribution in [3.63, 3.8) is 0 Å². The largest absolute Gasteiger partial charge is 0.423 e. The minimum atomic E-state index is -3.20. The number of carbonyl (C=O) groups excluding carboxylic acids is 4. The Labute approximate surface area is 183 Å². The van der Waals surface area contributed by atoms with Gasteiger partial charge in [0.25, 0.3) is 0 Å². The summed E-state index contributed by atoms with van der Waals surface area (Å²) in [6.07, 6.45) is 0. The number of ether oxygens (including phenoxy) is 4. The molecule has 0 aromatic heterocycles. The van der Waals surface area contributed by atoms with Gasteiger partial charge in [-0.3, -0.25) is 19.2 Å². The van der Waals surface area contributed by atoms with Crippen molar-refractivity contribution in [2.75, 3.05) is 0 Å². The summed E-state index contributed by atoms with van der Waals surface area (Å²) in [5.74, 6) is -2.94. The van der Waals surface area contributed by atoms with E-state index in [0.717, 1.165) is 13.8 Å². The molecule has 0 saturated carbocycles. The monoisotopic (exact) mass is 466 g/mol. The molecule has 2 aromatic carbocycles. The molecule has 0 saturated heterocycles. The van der Waals surface area contributed by atoms with Crippen molar-refractivity contribution in [3.05, 3.63) is 36.4 Å². The van der Waals surface area contributed by atoms with Gasteiger partial charge in [-0.2, -0.15) is 0 Å². The third-order valence-electron chi connectivity index (χ3n) is 3.25. The number of benzene rings is 2. The first-order chi connectivity index (χ1) is 15.0. The van der Waals surface area contributed by atoms with E-state index in [0.29, 0.717) is 0 Å². The molecule has 0 aliphatic rings. The van der Waals surface area contributed by atoms with E-state index < -0.39 is 32.1 Å². The second kappa shape index (κ2) is 11.0. The summed E-state index contributed by atoms with van der Waals surface area (Å²) in [5, 5.41) is 0. The topological polar surface area (TPSA) is 141 Å². The fraction of sp³-hybridized carbons (Fsp3) is 0.200. The lowest BCUT2D eigenvalue weighted by atomic mass is 10.3. The summed E-state index contributed by atoms with van der Waals surface area (Å²) in [6.45, 7) is 4.64. The van der Waals surface area contributed by atoms with Gasteiger partial charge in [0.15, 0.2) is 23.0 Å². The van der Waals surface area contributed by atoms with Gasteiger partial charge in [0.1, 0.15) is 11.5 Å². The normalized spacial score (nSPS) is 10.2. The Balaban J connectivity index is 2.19. The average Bonchev–Trinajstić information content (AvgIpc) is 2.64. The standard InChI is InChI=1S/C20H19O11P/c1-11(21)26-17-7-5-15(9-19(17)28-13(3)23)30-32(25)31-16-6-8-18(27-12(2)22)20(10-16)29-14(4)24/h5-10,32H,1-4H3. The third-order valence-corrected chi connectivity index (χ3v) is 4.05. The molecule has 170 valence electrons. The van der Waals surface area contributed by atoms with Crippen LogP contribution in [0.1, 0.15) is 27.7 Å². The third kappa shape index (κ3) is 7.77. The summed E-state index contributed by atoms with van der Waals surface area (Å²) < 4.78 is 42.6. The zero-order valence-corrected chi connectivity index (χ0v) is 18.5. The van der Waals surface area contributed by atoms with Crippen LogP contribution in [0.4, 0.5) is 0 Å². The summed E-state index contributed by atoms with van der Waals surface area (Å²) in [6, 6.07) is 7.61. The van der Waals surface area contributed by atoms with Gasteiger partial charge in [-0.05, 0) is 24.3 Å². The van der Waals surface area contributed by atoms with Crippen molar-refractivity contribution in [1.29, 1.82) is 0 Å². The van der Waals surface area contributed by atoms with Gasteiger partial charge in [-0.1, -0.05) is 0 Å². The maximum absolute atomic E-state index is 12.3. The smallest absolute Gasteiger partial charge is 0.418 e. The molecule has 0 bridgehead atoms. The number of carbonyl (C=O) groups is 4. The van der Waals surface area contributed by atoms with E-state index >= 15 is 0 Å². The summed E-state index contributed by atoms with van der Waals surface area (Å²) in [5.41, 5.74) is 0. The number of hydrogen-bond donors (Lipinski definition) is 0. The molecule has 0 radical (unpaired) electrons. The number of hydrogen-bond acceptors (Lipinski definition) is 11. The van der Waals surface area contributed by atoms with Crippen LogP contribution in [-0.2, 0) is 23.7 Å². The maximum Gasteiger partial charge on any atom is 0.418 e. The Morgan fingerprint density at radius 3 is 1.19 bits per heavy atom. The SMILES string of the molecule is CC(=O)Oc1ccc(O[PH](=O)Oc2ccc(OC(C)=O)c(OC(C)=O)c2)cc1OC(C)=O. The van der Waals surface area contributed by atoms with Crippen LogP contribution in [0, 0.1) is 0 Å². The van der Waals surface area contributed by atoms with E-state index in [2.05, 4.69) is 0 Å². The summed E-state index contributed by atoms with van der Waals surface area (Å²) >= 11 is 0. The fourth-order valence-electron chi connectivity index (χ4n) is 2.26. The van der Waals surface area contributed by atoms with Gasteiger partial charge >= 0.3 is 32.1 Å².